The molecule has 2 aliphatic rings. The van der Waals surface area contributed by atoms with Gasteiger partial charge in [0.2, 0.25) is 5.91 Å². The highest BCUT2D eigenvalue weighted by Crippen LogP contribution is 2.29. The van der Waals surface area contributed by atoms with Crippen molar-refractivity contribution in [2.45, 2.75) is 63.5 Å². The zero-order valence-electron chi connectivity index (χ0n) is 12.5. The van der Waals surface area contributed by atoms with Crippen LogP contribution in [0.4, 0.5) is 0 Å². The van der Waals surface area contributed by atoms with Crippen molar-refractivity contribution < 1.29 is 4.79 Å². The molecule has 0 bridgehead atoms. The van der Waals surface area contributed by atoms with Crippen LogP contribution in [-0.4, -0.2) is 54.0 Å². The molecule has 110 valence electrons. The SMILES string of the molecule is CCN1CCC(N(C)C(=O)C2(N)CCCCC2)CC1. The fourth-order valence-corrected chi connectivity index (χ4v) is 3.54. The van der Waals surface area contributed by atoms with Crippen molar-refractivity contribution >= 4 is 5.91 Å². The van der Waals surface area contributed by atoms with Gasteiger partial charge in [0.15, 0.2) is 0 Å². The lowest BCUT2D eigenvalue weighted by atomic mass is 9.81. The predicted octanol–water partition coefficient (Wildman–Crippen LogP) is 1.59. The molecule has 19 heavy (non-hydrogen) atoms. The van der Waals surface area contributed by atoms with E-state index in [1.807, 2.05) is 11.9 Å². The number of piperidine rings is 1. The molecule has 1 aliphatic carbocycles. The Morgan fingerprint density at radius 3 is 2.37 bits per heavy atom. The zero-order chi connectivity index (χ0) is 13.9. The molecule has 1 amide bonds. The van der Waals surface area contributed by atoms with Crippen molar-refractivity contribution in [3.05, 3.63) is 0 Å². The van der Waals surface area contributed by atoms with Crippen LogP contribution < -0.4 is 5.73 Å². The Kier molecular flexibility index (Phi) is 4.85. The molecule has 1 saturated carbocycles. The van der Waals surface area contributed by atoms with Crippen molar-refractivity contribution in [1.29, 1.82) is 0 Å². The predicted molar refractivity (Wildman–Crippen MR) is 77.9 cm³/mol. The van der Waals surface area contributed by atoms with Crippen LogP contribution in [0.1, 0.15) is 51.9 Å². The molecule has 2 N–H and O–H groups in total. The summed E-state index contributed by atoms with van der Waals surface area (Å²) in [6.07, 6.45) is 7.34. The van der Waals surface area contributed by atoms with E-state index in [-0.39, 0.29) is 5.91 Å². The van der Waals surface area contributed by atoms with Crippen LogP contribution in [0.15, 0.2) is 0 Å². The summed E-state index contributed by atoms with van der Waals surface area (Å²) in [6.45, 7) is 5.53. The normalized spacial score (nSPS) is 25.2. The molecule has 0 unspecified atom stereocenters. The van der Waals surface area contributed by atoms with Crippen LogP contribution >= 0.6 is 0 Å². The number of nitrogens with zero attached hydrogens (tertiary/aromatic N) is 2. The average molecular weight is 267 g/mol. The Balaban J connectivity index is 1.92. The standard InChI is InChI=1S/C15H29N3O/c1-3-18-11-7-13(8-12-18)17(2)14(19)15(16)9-5-4-6-10-15/h13H,3-12,16H2,1-2H3. The molecule has 0 aromatic rings. The Morgan fingerprint density at radius 1 is 1.26 bits per heavy atom. The molecule has 1 aliphatic heterocycles. The van der Waals surface area contributed by atoms with Crippen LogP contribution in [0.5, 0.6) is 0 Å². The molecule has 0 radical (unpaired) electrons. The summed E-state index contributed by atoms with van der Waals surface area (Å²) in [6, 6.07) is 0.387. The van der Waals surface area contributed by atoms with Gasteiger partial charge in [0.1, 0.15) is 0 Å². The van der Waals surface area contributed by atoms with Gasteiger partial charge in [-0.3, -0.25) is 4.79 Å². The lowest BCUT2D eigenvalue weighted by molar-refractivity contribution is -0.140. The number of hydrogen-bond donors (Lipinski definition) is 1. The van der Waals surface area contributed by atoms with Gasteiger partial charge in [-0.25, -0.2) is 0 Å². The molecule has 4 heteroatoms. The van der Waals surface area contributed by atoms with Gasteiger partial charge in [0.05, 0.1) is 5.54 Å². The molecule has 0 spiro atoms. The summed E-state index contributed by atoms with van der Waals surface area (Å²) in [5.41, 5.74) is 5.79. The van der Waals surface area contributed by atoms with Crippen molar-refractivity contribution in [2.75, 3.05) is 26.7 Å². The minimum absolute atomic E-state index is 0.183. The topological polar surface area (TPSA) is 49.6 Å². The third-order valence-corrected chi connectivity index (χ3v) is 5.04. The van der Waals surface area contributed by atoms with Crippen molar-refractivity contribution in [2.24, 2.45) is 5.73 Å². The van der Waals surface area contributed by atoms with Crippen molar-refractivity contribution in [1.82, 2.24) is 9.80 Å². The highest BCUT2D eigenvalue weighted by Gasteiger charge is 2.39. The van der Waals surface area contributed by atoms with Crippen LogP contribution in [0, 0.1) is 0 Å². The van der Waals surface area contributed by atoms with E-state index in [2.05, 4.69) is 11.8 Å². The summed E-state index contributed by atoms with van der Waals surface area (Å²) in [7, 11) is 1.96. The summed E-state index contributed by atoms with van der Waals surface area (Å²) >= 11 is 0. The second kappa shape index (κ2) is 6.23. The van der Waals surface area contributed by atoms with E-state index >= 15 is 0 Å². The molecular weight excluding hydrogens is 238 g/mol. The lowest BCUT2D eigenvalue weighted by Gasteiger charge is -2.41. The molecule has 0 aromatic heterocycles. The molecule has 1 saturated heterocycles. The van der Waals surface area contributed by atoms with Crippen molar-refractivity contribution in [3.8, 4) is 0 Å². The Hall–Kier alpha value is -0.610. The first-order valence-corrected chi connectivity index (χ1v) is 7.85. The van der Waals surface area contributed by atoms with Gasteiger partial charge < -0.3 is 15.5 Å². The van der Waals surface area contributed by atoms with E-state index in [9.17, 15) is 4.79 Å². The average Bonchev–Trinajstić information content (AvgIpc) is 2.46. The third kappa shape index (κ3) is 3.29. The zero-order valence-corrected chi connectivity index (χ0v) is 12.5. The van der Waals surface area contributed by atoms with E-state index in [1.54, 1.807) is 0 Å². The Labute approximate surface area is 117 Å². The van der Waals surface area contributed by atoms with Gasteiger partial charge in [0, 0.05) is 26.2 Å². The number of likely N-dealkylation sites (N-methyl/N-ethyl adjacent to an activating group) is 1. The lowest BCUT2D eigenvalue weighted by Crippen LogP contribution is -2.58. The summed E-state index contributed by atoms with van der Waals surface area (Å²) in [5, 5.41) is 0. The Bertz CT molecular complexity index is 305. The monoisotopic (exact) mass is 267 g/mol. The molecule has 4 nitrogen and oxygen atoms in total. The van der Waals surface area contributed by atoms with Crippen LogP contribution in [0.3, 0.4) is 0 Å². The second-order valence-corrected chi connectivity index (χ2v) is 6.30. The van der Waals surface area contributed by atoms with Gasteiger partial charge in [0.25, 0.3) is 0 Å². The second-order valence-electron chi connectivity index (χ2n) is 6.30. The molecule has 2 rings (SSSR count). The largest absolute Gasteiger partial charge is 0.341 e. The van der Waals surface area contributed by atoms with E-state index in [0.29, 0.717) is 6.04 Å². The maximum atomic E-state index is 12.7. The summed E-state index contributed by atoms with van der Waals surface area (Å²) in [4.78, 5) is 17.1. The number of amides is 1. The van der Waals surface area contributed by atoms with Crippen LogP contribution in [0.25, 0.3) is 0 Å². The minimum Gasteiger partial charge on any atom is -0.341 e. The van der Waals surface area contributed by atoms with Gasteiger partial charge in [-0.2, -0.15) is 0 Å². The highest BCUT2D eigenvalue weighted by atomic mass is 16.2. The molecule has 1 heterocycles. The fraction of sp³-hybridized carbons (Fsp3) is 0.933. The maximum absolute atomic E-state index is 12.7. The first-order valence-electron chi connectivity index (χ1n) is 7.85. The van der Waals surface area contributed by atoms with Crippen LogP contribution in [-0.2, 0) is 4.79 Å². The van der Waals surface area contributed by atoms with Gasteiger partial charge in [-0.15, -0.1) is 0 Å². The van der Waals surface area contributed by atoms with E-state index in [0.717, 1.165) is 58.2 Å². The molecular formula is C15H29N3O. The summed E-state index contributed by atoms with van der Waals surface area (Å²) < 4.78 is 0. The van der Waals surface area contributed by atoms with Crippen molar-refractivity contribution in [3.63, 3.8) is 0 Å². The fourth-order valence-electron chi connectivity index (χ4n) is 3.54. The highest BCUT2D eigenvalue weighted by molar-refractivity contribution is 5.86. The third-order valence-electron chi connectivity index (χ3n) is 5.04. The molecule has 2 fully saturated rings. The van der Waals surface area contributed by atoms with Gasteiger partial charge >= 0.3 is 0 Å². The quantitative estimate of drug-likeness (QED) is 0.845. The smallest absolute Gasteiger partial charge is 0.242 e. The number of rotatable bonds is 3. The summed E-state index contributed by atoms with van der Waals surface area (Å²) in [5.74, 6) is 0.183. The van der Waals surface area contributed by atoms with E-state index in [1.165, 1.54) is 6.42 Å². The molecule has 0 aromatic carbocycles. The number of carbonyl (C=O) groups excluding carboxylic acids is 1. The first kappa shape index (κ1) is 14.8. The number of nitrogens with two attached hydrogens (primary N) is 1. The van der Waals surface area contributed by atoms with E-state index in [4.69, 9.17) is 5.73 Å². The van der Waals surface area contributed by atoms with Gasteiger partial charge in [-0.05, 0) is 32.2 Å². The number of likely N-dealkylation sites (tertiary alicyclic amines) is 1. The first-order chi connectivity index (χ1) is 9.07. The van der Waals surface area contributed by atoms with Crippen LogP contribution in [0.2, 0.25) is 0 Å². The number of carbonyl (C=O) groups is 1. The molecule has 0 atom stereocenters. The minimum atomic E-state index is -0.575. The maximum Gasteiger partial charge on any atom is 0.242 e. The van der Waals surface area contributed by atoms with E-state index < -0.39 is 5.54 Å². The number of hydrogen-bond acceptors (Lipinski definition) is 3. The Morgan fingerprint density at radius 2 is 1.84 bits per heavy atom. The van der Waals surface area contributed by atoms with Gasteiger partial charge in [-0.1, -0.05) is 26.2 Å².